The van der Waals surface area contributed by atoms with Gasteiger partial charge in [-0.05, 0) is 31.4 Å². The maximum absolute atomic E-state index is 14.8. The van der Waals surface area contributed by atoms with Gasteiger partial charge in [0.05, 0.1) is 47.2 Å². The van der Waals surface area contributed by atoms with Crippen LogP contribution in [0.2, 0.25) is 0 Å². The molecule has 1 atom stereocenters. The Balaban J connectivity index is 1.49. The Morgan fingerprint density at radius 2 is 1.85 bits per heavy atom. The number of benzene rings is 1. The predicted octanol–water partition coefficient (Wildman–Crippen LogP) is 4.70. The molecule has 0 aliphatic heterocycles. The minimum atomic E-state index is -4.88. The zero-order valence-corrected chi connectivity index (χ0v) is 20.3. The van der Waals surface area contributed by atoms with Crippen molar-refractivity contribution in [2.24, 2.45) is 0 Å². The maximum Gasteiger partial charge on any atom is 0.423 e. The highest BCUT2D eigenvalue weighted by molar-refractivity contribution is 5.83. The normalized spacial score (nSPS) is 12.7. The van der Waals surface area contributed by atoms with E-state index < -0.39 is 52.5 Å². The molecule has 39 heavy (non-hydrogen) atoms. The van der Waals surface area contributed by atoms with Crippen LogP contribution in [0, 0.1) is 5.82 Å². The van der Waals surface area contributed by atoms with Gasteiger partial charge >= 0.3 is 6.18 Å². The molecule has 0 saturated carbocycles. The molecule has 0 fully saturated rings. The van der Waals surface area contributed by atoms with Crippen molar-refractivity contribution >= 4 is 16.6 Å². The number of alkyl halides is 5. The number of anilines is 1. The molecule has 1 unspecified atom stereocenters. The summed E-state index contributed by atoms with van der Waals surface area (Å²) in [7, 11) is 0. The molecule has 3 aromatic heterocycles. The first-order valence-electron chi connectivity index (χ1n) is 11.7. The van der Waals surface area contributed by atoms with E-state index in [4.69, 9.17) is 0 Å². The average molecular weight is 553 g/mol. The van der Waals surface area contributed by atoms with Crippen LogP contribution in [0.3, 0.4) is 0 Å². The van der Waals surface area contributed by atoms with E-state index in [0.717, 1.165) is 24.7 Å². The number of halogens is 6. The van der Waals surface area contributed by atoms with Crippen molar-refractivity contribution in [2.75, 3.05) is 5.32 Å². The van der Waals surface area contributed by atoms with E-state index in [1.807, 2.05) is 0 Å². The van der Waals surface area contributed by atoms with Crippen LogP contribution >= 0.6 is 0 Å². The molecule has 0 saturated heterocycles. The quantitative estimate of drug-likeness (QED) is 0.289. The highest BCUT2D eigenvalue weighted by Gasteiger charge is 2.37. The standard InChI is InChI=1S/C24H21F6N7O2/c1-2-12(35-18-10-34-36-22(38)20(18)24(28,29)30)4-3-5-37-11-33-16-7-13(15(25)6-14(16)23(37)39)17-8-32-19(9-31-17)21(26)27/h6-12,21H,2-5H2,1H3,(H2,35,36,38). The highest BCUT2D eigenvalue weighted by Crippen LogP contribution is 2.32. The third-order valence-corrected chi connectivity index (χ3v) is 6.03. The first kappa shape index (κ1) is 27.7. The van der Waals surface area contributed by atoms with Crippen LogP contribution in [0.5, 0.6) is 0 Å². The van der Waals surface area contributed by atoms with E-state index in [9.17, 15) is 35.9 Å². The first-order valence-corrected chi connectivity index (χ1v) is 11.7. The topological polar surface area (TPSA) is 118 Å². The molecule has 4 aromatic rings. The summed E-state index contributed by atoms with van der Waals surface area (Å²) in [6.07, 6.45) is -2.60. The van der Waals surface area contributed by atoms with Gasteiger partial charge in [0.15, 0.2) is 0 Å². The summed E-state index contributed by atoms with van der Waals surface area (Å²) in [5.41, 5.74) is -4.19. The van der Waals surface area contributed by atoms with Gasteiger partial charge < -0.3 is 5.32 Å². The summed E-state index contributed by atoms with van der Waals surface area (Å²) in [6.45, 7) is 1.89. The number of aromatic nitrogens is 6. The Morgan fingerprint density at radius 3 is 2.49 bits per heavy atom. The summed E-state index contributed by atoms with van der Waals surface area (Å²) in [5.74, 6) is -0.819. The molecule has 0 spiro atoms. The number of fused-ring (bicyclic) bond motifs is 1. The van der Waals surface area contributed by atoms with Crippen LogP contribution in [-0.4, -0.2) is 35.8 Å². The minimum absolute atomic E-state index is 0.00725. The number of hydrogen-bond acceptors (Lipinski definition) is 7. The third-order valence-electron chi connectivity index (χ3n) is 6.03. The molecule has 2 N–H and O–H groups in total. The number of hydrogen-bond donors (Lipinski definition) is 2. The van der Waals surface area contributed by atoms with Crippen molar-refractivity contribution in [3.8, 4) is 11.3 Å². The Kier molecular flexibility index (Phi) is 7.97. The fourth-order valence-electron chi connectivity index (χ4n) is 4.02. The molecule has 4 rings (SSSR count). The summed E-state index contributed by atoms with van der Waals surface area (Å²) < 4.78 is 81.4. The van der Waals surface area contributed by atoms with Gasteiger partial charge in [-0.2, -0.15) is 18.3 Å². The fraction of sp³-hybridized carbons (Fsp3) is 0.333. The molecule has 1 aromatic carbocycles. The molecular weight excluding hydrogens is 532 g/mol. The molecule has 9 nitrogen and oxygen atoms in total. The van der Waals surface area contributed by atoms with E-state index in [1.54, 1.807) is 12.0 Å². The zero-order chi connectivity index (χ0) is 28.3. The second-order valence-corrected chi connectivity index (χ2v) is 8.60. The van der Waals surface area contributed by atoms with E-state index in [0.29, 0.717) is 19.3 Å². The molecule has 0 radical (unpaired) electrons. The molecule has 0 bridgehead atoms. The lowest BCUT2D eigenvalue weighted by atomic mass is 10.1. The lowest BCUT2D eigenvalue weighted by molar-refractivity contribution is -0.138. The summed E-state index contributed by atoms with van der Waals surface area (Å²) in [6, 6.07) is 1.79. The molecule has 15 heteroatoms. The van der Waals surface area contributed by atoms with Crippen LogP contribution in [0.25, 0.3) is 22.2 Å². The van der Waals surface area contributed by atoms with E-state index in [2.05, 4.69) is 25.4 Å². The SMILES string of the molecule is CCC(CCCn1cnc2cc(-c3cnc(C(F)F)cn3)c(F)cc2c1=O)Nc1cn[nH]c(=O)c1C(F)(F)F. The van der Waals surface area contributed by atoms with Gasteiger partial charge in [-0.3, -0.25) is 24.1 Å². The van der Waals surface area contributed by atoms with E-state index in [1.165, 1.54) is 17.0 Å². The Labute approximate surface area is 216 Å². The zero-order valence-electron chi connectivity index (χ0n) is 20.3. The largest absolute Gasteiger partial charge is 0.423 e. The predicted molar refractivity (Wildman–Crippen MR) is 129 cm³/mol. The van der Waals surface area contributed by atoms with Crippen LogP contribution in [0.1, 0.15) is 43.9 Å². The van der Waals surface area contributed by atoms with Gasteiger partial charge in [-0.15, -0.1) is 0 Å². The Bertz CT molecular complexity index is 1590. The molecule has 0 aliphatic rings. The van der Waals surface area contributed by atoms with Gasteiger partial charge in [0.1, 0.15) is 17.1 Å². The second kappa shape index (κ2) is 11.2. The van der Waals surface area contributed by atoms with Crippen molar-refractivity contribution < 1.29 is 26.3 Å². The Hall–Kier alpha value is -4.30. The summed E-state index contributed by atoms with van der Waals surface area (Å²) in [5, 5.41) is 7.89. The fourth-order valence-corrected chi connectivity index (χ4v) is 4.02. The smallest absolute Gasteiger partial charge is 0.380 e. The van der Waals surface area contributed by atoms with Crippen molar-refractivity contribution in [1.82, 2.24) is 29.7 Å². The van der Waals surface area contributed by atoms with Gasteiger partial charge in [0.2, 0.25) is 0 Å². The van der Waals surface area contributed by atoms with Crippen molar-refractivity contribution in [3.05, 3.63) is 74.8 Å². The number of nitrogens with one attached hydrogen (secondary N) is 2. The van der Waals surface area contributed by atoms with Gasteiger partial charge in [-0.1, -0.05) is 6.92 Å². The van der Waals surface area contributed by atoms with Crippen molar-refractivity contribution in [3.63, 3.8) is 0 Å². The molecule has 206 valence electrons. The monoisotopic (exact) mass is 553 g/mol. The van der Waals surface area contributed by atoms with Crippen LogP contribution in [-0.2, 0) is 12.7 Å². The molecular formula is C24H21F6N7O2. The number of rotatable bonds is 9. The van der Waals surface area contributed by atoms with Crippen molar-refractivity contribution in [1.29, 1.82) is 0 Å². The molecule has 0 aliphatic carbocycles. The van der Waals surface area contributed by atoms with Crippen LogP contribution < -0.4 is 16.4 Å². The number of aryl methyl sites for hydroxylation is 1. The Morgan fingerprint density at radius 1 is 1.08 bits per heavy atom. The summed E-state index contributed by atoms with van der Waals surface area (Å²) in [4.78, 5) is 36.2. The van der Waals surface area contributed by atoms with E-state index in [-0.39, 0.29) is 28.7 Å². The molecule has 0 amide bonds. The van der Waals surface area contributed by atoms with Gasteiger partial charge in [0.25, 0.3) is 17.5 Å². The highest BCUT2D eigenvalue weighted by atomic mass is 19.4. The number of aromatic amines is 1. The summed E-state index contributed by atoms with van der Waals surface area (Å²) >= 11 is 0. The second-order valence-electron chi connectivity index (χ2n) is 8.60. The first-order chi connectivity index (χ1) is 18.5. The minimum Gasteiger partial charge on any atom is -0.380 e. The number of H-pyrrole nitrogens is 1. The van der Waals surface area contributed by atoms with Crippen molar-refractivity contribution in [2.45, 2.75) is 51.4 Å². The molecule has 3 heterocycles. The van der Waals surface area contributed by atoms with Gasteiger partial charge in [0, 0.05) is 18.2 Å². The lowest BCUT2D eigenvalue weighted by Gasteiger charge is -2.20. The van der Waals surface area contributed by atoms with E-state index >= 15 is 0 Å². The third kappa shape index (κ3) is 6.07. The lowest BCUT2D eigenvalue weighted by Crippen LogP contribution is -2.28. The average Bonchev–Trinajstić information content (AvgIpc) is 2.88. The van der Waals surface area contributed by atoms with Gasteiger partial charge in [-0.25, -0.2) is 23.3 Å². The maximum atomic E-state index is 14.8. The van der Waals surface area contributed by atoms with Crippen LogP contribution in [0.15, 0.2) is 46.6 Å². The number of nitrogens with zero attached hydrogens (tertiary/aromatic N) is 5. The van der Waals surface area contributed by atoms with Crippen LogP contribution in [0.4, 0.5) is 32.0 Å².